The highest BCUT2D eigenvalue weighted by Crippen LogP contribution is 2.40. The van der Waals surface area contributed by atoms with Crippen LogP contribution in [0, 0.1) is 0 Å². The molecule has 3 aromatic rings. The molecule has 2 aromatic heterocycles. The summed E-state index contributed by atoms with van der Waals surface area (Å²) in [6, 6.07) is 6.04. The van der Waals surface area contributed by atoms with Gasteiger partial charge in [0.2, 0.25) is 0 Å². The maximum Gasteiger partial charge on any atom is 0.345 e. The van der Waals surface area contributed by atoms with Crippen LogP contribution in [0.4, 0.5) is 0 Å². The van der Waals surface area contributed by atoms with Crippen LogP contribution in [0.5, 0.6) is 11.5 Å². The number of aromatic nitrogens is 2. The molecule has 3 N–H and O–H groups in total. The molecule has 0 saturated carbocycles. The molecule has 0 unspecified atom stereocenters. The Morgan fingerprint density at radius 1 is 1.23 bits per heavy atom. The molecule has 2 aliphatic heterocycles. The molecular formula is C22H23N3O5. The van der Waals surface area contributed by atoms with Crippen molar-refractivity contribution >= 4 is 16.9 Å². The highest BCUT2D eigenvalue weighted by Gasteiger charge is 2.27. The molecule has 0 atom stereocenters. The Labute approximate surface area is 172 Å². The molecule has 0 spiro atoms. The summed E-state index contributed by atoms with van der Waals surface area (Å²) in [7, 11) is 2.04. The van der Waals surface area contributed by atoms with Gasteiger partial charge in [-0.2, -0.15) is 0 Å². The number of benzene rings is 1. The van der Waals surface area contributed by atoms with E-state index in [-0.39, 0.29) is 6.61 Å². The number of nitrogens with zero attached hydrogens (tertiary/aromatic N) is 2. The van der Waals surface area contributed by atoms with Crippen LogP contribution in [-0.4, -0.2) is 50.3 Å². The van der Waals surface area contributed by atoms with E-state index in [9.17, 15) is 19.8 Å². The lowest BCUT2D eigenvalue weighted by Crippen LogP contribution is -2.20. The fourth-order valence-electron chi connectivity index (χ4n) is 4.62. The second-order valence-electron chi connectivity index (χ2n) is 8.02. The van der Waals surface area contributed by atoms with Crippen LogP contribution in [0.1, 0.15) is 34.5 Å². The monoisotopic (exact) mass is 409 g/mol. The number of carbonyl (C=O) groups is 1. The number of fused-ring (bicyclic) bond motifs is 4. The van der Waals surface area contributed by atoms with Crippen molar-refractivity contribution in [1.29, 1.82) is 0 Å². The zero-order chi connectivity index (χ0) is 21.0. The highest BCUT2D eigenvalue weighted by molar-refractivity contribution is 5.94. The SMILES string of the molecule is Cn1c(CN2CCCC2)cc2cc3c(cc21)OCCc1c-3[nH]c(=O)c(C(=O)O)c1O. The summed E-state index contributed by atoms with van der Waals surface area (Å²) in [4.78, 5) is 28.8. The van der Waals surface area contributed by atoms with E-state index in [2.05, 4.69) is 20.5 Å². The number of rotatable bonds is 3. The summed E-state index contributed by atoms with van der Waals surface area (Å²) in [5.74, 6) is -1.33. The van der Waals surface area contributed by atoms with E-state index in [1.54, 1.807) is 0 Å². The molecule has 0 aliphatic carbocycles. The molecule has 0 bridgehead atoms. The number of aromatic hydroxyl groups is 1. The zero-order valence-corrected chi connectivity index (χ0v) is 16.7. The molecular weight excluding hydrogens is 386 g/mol. The van der Waals surface area contributed by atoms with Crippen LogP contribution in [-0.2, 0) is 20.0 Å². The van der Waals surface area contributed by atoms with E-state index in [1.807, 2.05) is 19.2 Å². The number of pyridine rings is 1. The topological polar surface area (TPSA) is 108 Å². The normalized spacial score (nSPS) is 16.2. The molecule has 30 heavy (non-hydrogen) atoms. The Morgan fingerprint density at radius 3 is 2.73 bits per heavy atom. The zero-order valence-electron chi connectivity index (χ0n) is 16.7. The second kappa shape index (κ2) is 6.91. The van der Waals surface area contributed by atoms with Crippen LogP contribution >= 0.6 is 0 Å². The standard InChI is InChI=1S/C22H23N3O5/c1-24-13(11-25-5-2-3-6-25)8-12-9-15-17(10-16(12)24)30-7-4-14-19(15)23-21(27)18(20(14)26)22(28)29/h8-10H,2-7,11H2,1H3,(H,28,29)(H2,23,26,27). The fraction of sp³-hybridized carbons (Fsp3) is 0.364. The van der Waals surface area contributed by atoms with Gasteiger partial charge in [-0.15, -0.1) is 0 Å². The Morgan fingerprint density at radius 2 is 2.00 bits per heavy atom. The van der Waals surface area contributed by atoms with Gasteiger partial charge in [-0.3, -0.25) is 9.69 Å². The lowest BCUT2D eigenvalue weighted by Gasteiger charge is -2.15. The molecule has 8 nitrogen and oxygen atoms in total. The first-order valence-electron chi connectivity index (χ1n) is 10.1. The van der Waals surface area contributed by atoms with Crippen LogP contribution in [0.25, 0.3) is 22.2 Å². The summed E-state index contributed by atoms with van der Waals surface area (Å²) in [6.45, 7) is 3.38. The Balaban J connectivity index is 1.67. The third-order valence-electron chi connectivity index (χ3n) is 6.21. The van der Waals surface area contributed by atoms with Crippen LogP contribution in [0.2, 0.25) is 0 Å². The number of carboxylic acid groups (broad SMARTS) is 1. The first-order valence-corrected chi connectivity index (χ1v) is 10.1. The van der Waals surface area contributed by atoms with Crippen molar-refractivity contribution in [2.24, 2.45) is 7.05 Å². The van der Waals surface area contributed by atoms with E-state index in [1.165, 1.54) is 18.5 Å². The third kappa shape index (κ3) is 2.87. The van der Waals surface area contributed by atoms with Gasteiger partial charge in [0.15, 0.2) is 5.56 Å². The van der Waals surface area contributed by atoms with Gasteiger partial charge in [0.05, 0.1) is 17.8 Å². The lowest BCUT2D eigenvalue weighted by atomic mass is 9.99. The number of aromatic carboxylic acids is 1. The summed E-state index contributed by atoms with van der Waals surface area (Å²) < 4.78 is 8.09. The van der Waals surface area contributed by atoms with Gasteiger partial charge in [0.25, 0.3) is 5.56 Å². The second-order valence-corrected chi connectivity index (χ2v) is 8.02. The first kappa shape index (κ1) is 18.7. The van der Waals surface area contributed by atoms with Gasteiger partial charge in [-0.1, -0.05) is 0 Å². The predicted octanol–water partition coefficient (Wildman–Crippen LogP) is 2.47. The van der Waals surface area contributed by atoms with Crippen molar-refractivity contribution in [2.45, 2.75) is 25.8 Å². The Kier molecular flexibility index (Phi) is 4.32. The Bertz CT molecular complexity index is 1230. The van der Waals surface area contributed by atoms with E-state index in [0.29, 0.717) is 29.0 Å². The average molecular weight is 409 g/mol. The number of likely N-dealkylation sites (tertiary alicyclic amines) is 1. The van der Waals surface area contributed by atoms with Gasteiger partial charge >= 0.3 is 5.97 Å². The first-order chi connectivity index (χ1) is 14.4. The number of hydrogen-bond donors (Lipinski definition) is 3. The summed E-state index contributed by atoms with van der Waals surface area (Å²) in [6.07, 6.45) is 2.76. The average Bonchev–Trinajstić information content (AvgIpc) is 3.26. The predicted molar refractivity (Wildman–Crippen MR) is 111 cm³/mol. The van der Waals surface area contributed by atoms with Crippen molar-refractivity contribution in [3.63, 3.8) is 0 Å². The van der Waals surface area contributed by atoms with Gasteiger partial charge in [0, 0.05) is 48.3 Å². The number of hydrogen-bond acceptors (Lipinski definition) is 5. The van der Waals surface area contributed by atoms with Crippen LogP contribution < -0.4 is 10.3 Å². The van der Waals surface area contributed by atoms with E-state index in [0.717, 1.165) is 30.5 Å². The van der Waals surface area contributed by atoms with Gasteiger partial charge < -0.3 is 24.5 Å². The molecule has 8 heteroatoms. The maximum absolute atomic E-state index is 12.3. The molecule has 0 radical (unpaired) electrons. The van der Waals surface area contributed by atoms with Crippen LogP contribution in [0.15, 0.2) is 23.0 Å². The quantitative estimate of drug-likeness (QED) is 0.613. The van der Waals surface area contributed by atoms with Gasteiger partial charge in [-0.05, 0) is 38.1 Å². The summed E-state index contributed by atoms with van der Waals surface area (Å²) in [5, 5.41) is 20.8. The Hall–Kier alpha value is -3.26. The van der Waals surface area contributed by atoms with Gasteiger partial charge in [0.1, 0.15) is 11.5 Å². The maximum atomic E-state index is 12.3. The molecule has 5 rings (SSSR count). The molecule has 1 fully saturated rings. The smallest absolute Gasteiger partial charge is 0.345 e. The minimum atomic E-state index is -1.45. The fourth-order valence-corrected chi connectivity index (χ4v) is 4.62. The van der Waals surface area contributed by atoms with Crippen molar-refractivity contribution in [2.75, 3.05) is 19.7 Å². The largest absolute Gasteiger partial charge is 0.506 e. The number of ether oxygens (including phenoxy) is 1. The van der Waals surface area contributed by atoms with Crippen molar-refractivity contribution in [1.82, 2.24) is 14.5 Å². The van der Waals surface area contributed by atoms with Crippen molar-refractivity contribution in [3.8, 4) is 22.8 Å². The number of carboxylic acids is 1. The summed E-state index contributed by atoms with van der Waals surface area (Å²) in [5.41, 5.74) is 2.23. The minimum Gasteiger partial charge on any atom is -0.506 e. The molecule has 0 amide bonds. The highest BCUT2D eigenvalue weighted by atomic mass is 16.5. The van der Waals surface area contributed by atoms with E-state index < -0.39 is 22.8 Å². The number of H-pyrrole nitrogens is 1. The van der Waals surface area contributed by atoms with Crippen molar-refractivity contribution in [3.05, 3.63) is 45.4 Å². The lowest BCUT2D eigenvalue weighted by molar-refractivity contribution is 0.0691. The van der Waals surface area contributed by atoms with Crippen LogP contribution in [0.3, 0.4) is 0 Å². The number of aromatic amines is 1. The summed E-state index contributed by atoms with van der Waals surface area (Å²) >= 11 is 0. The number of aryl methyl sites for hydroxylation is 1. The third-order valence-corrected chi connectivity index (χ3v) is 6.21. The molecule has 1 aromatic carbocycles. The van der Waals surface area contributed by atoms with E-state index >= 15 is 0 Å². The molecule has 156 valence electrons. The molecule has 4 heterocycles. The van der Waals surface area contributed by atoms with E-state index in [4.69, 9.17) is 4.74 Å². The molecule has 2 aliphatic rings. The van der Waals surface area contributed by atoms with Crippen molar-refractivity contribution < 1.29 is 19.7 Å². The molecule has 1 saturated heterocycles. The number of nitrogens with one attached hydrogen (secondary N) is 1. The minimum absolute atomic E-state index is 0.273. The van der Waals surface area contributed by atoms with Gasteiger partial charge in [-0.25, -0.2) is 4.79 Å².